The van der Waals surface area contributed by atoms with Crippen LogP contribution in [0.5, 0.6) is 0 Å². The Kier molecular flexibility index (Phi) is 4.27. The lowest BCUT2D eigenvalue weighted by atomic mass is 10.2. The summed E-state index contributed by atoms with van der Waals surface area (Å²) in [5.74, 6) is 0.204. The van der Waals surface area contributed by atoms with Crippen molar-refractivity contribution < 1.29 is 17.6 Å². The molecule has 1 fully saturated rings. The van der Waals surface area contributed by atoms with Gasteiger partial charge in [-0.05, 0) is 48.5 Å². The third-order valence-electron chi connectivity index (χ3n) is 3.21. The Balaban J connectivity index is 2.27. The third kappa shape index (κ3) is 3.42. The number of carbonyl (C=O) groups excluding carboxylic acids is 1. The number of hydrogen-bond acceptors (Lipinski definition) is 4. The average Bonchev–Trinajstić information content (AvgIpc) is 3.04. The second-order valence-electron chi connectivity index (χ2n) is 5.29. The largest absolute Gasteiger partial charge is 0.443 e. The van der Waals surface area contributed by atoms with Crippen molar-refractivity contribution in [1.29, 1.82) is 0 Å². The zero-order valence-corrected chi connectivity index (χ0v) is 13.7. The van der Waals surface area contributed by atoms with Gasteiger partial charge >= 0.3 is 0 Å². The Labute approximate surface area is 126 Å². The molecule has 0 atom stereocenters. The van der Waals surface area contributed by atoms with Crippen LogP contribution in [0.1, 0.15) is 37.2 Å². The summed E-state index contributed by atoms with van der Waals surface area (Å²) in [5.41, 5.74) is 0. The molecule has 8 heteroatoms. The van der Waals surface area contributed by atoms with Crippen LogP contribution in [0.25, 0.3) is 0 Å². The summed E-state index contributed by atoms with van der Waals surface area (Å²) in [6.07, 6.45) is 2.25. The van der Waals surface area contributed by atoms with Gasteiger partial charge in [-0.3, -0.25) is 4.79 Å². The van der Waals surface area contributed by atoms with E-state index in [1.165, 1.54) is 6.07 Å². The van der Waals surface area contributed by atoms with Gasteiger partial charge in [-0.2, -0.15) is 0 Å². The minimum absolute atomic E-state index is 0.0183. The third-order valence-corrected chi connectivity index (χ3v) is 4.98. The van der Waals surface area contributed by atoms with Crippen LogP contribution in [0.15, 0.2) is 20.0 Å². The number of sulfonamides is 1. The van der Waals surface area contributed by atoms with E-state index in [0.717, 1.165) is 12.8 Å². The molecule has 6 nitrogen and oxygen atoms in total. The number of nitrogens with two attached hydrogens (primary N) is 1. The van der Waals surface area contributed by atoms with Crippen LogP contribution < -0.4 is 5.14 Å². The fourth-order valence-electron chi connectivity index (χ4n) is 1.90. The summed E-state index contributed by atoms with van der Waals surface area (Å²) < 4.78 is 27.8. The lowest BCUT2D eigenvalue weighted by Gasteiger charge is -2.25. The van der Waals surface area contributed by atoms with Gasteiger partial charge in [0.2, 0.25) is 10.0 Å². The van der Waals surface area contributed by atoms with E-state index in [2.05, 4.69) is 15.9 Å². The number of furan rings is 1. The Hall–Kier alpha value is -0.860. The van der Waals surface area contributed by atoms with Crippen molar-refractivity contribution in [3.8, 4) is 0 Å². The number of rotatable bonds is 5. The number of halogens is 1. The smallest absolute Gasteiger partial charge is 0.289 e. The van der Waals surface area contributed by atoms with E-state index in [1.54, 1.807) is 4.90 Å². The fraction of sp³-hybridized carbons (Fsp3) is 0.583. The molecule has 0 aliphatic heterocycles. The van der Waals surface area contributed by atoms with Crippen molar-refractivity contribution in [2.24, 2.45) is 11.1 Å². The van der Waals surface area contributed by atoms with Gasteiger partial charge in [-0.1, -0.05) is 0 Å². The first-order chi connectivity index (χ1) is 9.20. The molecule has 1 heterocycles. The van der Waals surface area contributed by atoms with Crippen molar-refractivity contribution in [2.45, 2.75) is 37.6 Å². The highest BCUT2D eigenvalue weighted by Gasteiger charge is 2.31. The molecular formula is C12H17BrN2O4S. The van der Waals surface area contributed by atoms with Gasteiger partial charge in [0.25, 0.3) is 5.91 Å². The predicted molar refractivity (Wildman–Crippen MR) is 76.7 cm³/mol. The van der Waals surface area contributed by atoms with E-state index in [1.807, 2.05) is 13.8 Å². The standard InChI is InChI=1S/C12H17BrN2O4S/c1-7(2)15(6-8-3-4-8)12(16)9-5-10(11(13)19-9)20(14,17)18/h5,7-8H,3-4,6H2,1-2H3,(H2,14,17,18). The predicted octanol–water partition coefficient (Wildman–Crippen LogP) is 1.95. The molecule has 1 aliphatic carbocycles. The molecule has 0 unspecified atom stereocenters. The zero-order chi connectivity index (χ0) is 15.1. The van der Waals surface area contributed by atoms with Crippen molar-refractivity contribution in [3.63, 3.8) is 0 Å². The first kappa shape index (κ1) is 15.5. The first-order valence-corrected chi connectivity index (χ1v) is 8.67. The van der Waals surface area contributed by atoms with Crippen molar-refractivity contribution in [3.05, 3.63) is 16.5 Å². The van der Waals surface area contributed by atoms with Crippen LogP contribution in [-0.2, 0) is 10.0 Å². The van der Waals surface area contributed by atoms with Gasteiger partial charge in [-0.15, -0.1) is 0 Å². The van der Waals surface area contributed by atoms with Gasteiger partial charge in [0.05, 0.1) is 0 Å². The van der Waals surface area contributed by atoms with Crippen LogP contribution in [0.3, 0.4) is 0 Å². The number of carbonyl (C=O) groups is 1. The van der Waals surface area contributed by atoms with Gasteiger partial charge in [-0.25, -0.2) is 13.6 Å². The summed E-state index contributed by atoms with van der Waals surface area (Å²) >= 11 is 2.97. The van der Waals surface area contributed by atoms with Gasteiger partial charge < -0.3 is 9.32 Å². The first-order valence-electron chi connectivity index (χ1n) is 6.33. The maximum atomic E-state index is 12.4. The molecule has 1 aromatic rings. The number of amides is 1. The van der Waals surface area contributed by atoms with E-state index < -0.39 is 10.0 Å². The van der Waals surface area contributed by atoms with E-state index >= 15 is 0 Å². The van der Waals surface area contributed by atoms with Gasteiger partial charge in [0, 0.05) is 18.7 Å². The molecule has 0 aromatic carbocycles. The Morgan fingerprint density at radius 1 is 1.55 bits per heavy atom. The number of nitrogens with zero attached hydrogens (tertiary/aromatic N) is 1. The van der Waals surface area contributed by atoms with Crippen LogP contribution in [-0.4, -0.2) is 31.8 Å². The summed E-state index contributed by atoms with van der Waals surface area (Å²) in [7, 11) is -3.91. The number of primary sulfonamides is 1. The molecule has 1 saturated carbocycles. The molecule has 0 bridgehead atoms. The zero-order valence-electron chi connectivity index (χ0n) is 11.3. The second kappa shape index (κ2) is 5.50. The molecule has 2 rings (SSSR count). The highest BCUT2D eigenvalue weighted by atomic mass is 79.9. The average molecular weight is 365 g/mol. The van der Waals surface area contributed by atoms with Gasteiger partial charge in [0.15, 0.2) is 10.4 Å². The monoisotopic (exact) mass is 364 g/mol. The normalized spacial score (nSPS) is 15.7. The Bertz CT molecular complexity index is 619. The van der Waals surface area contributed by atoms with Crippen LogP contribution in [0.4, 0.5) is 0 Å². The lowest BCUT2D eigenvalue weighted by molar-refractivity contribution is 0.0662. The summed E-state index contributed by atoms with van der Waals surface area (Å²) in [5, 5.41) is 5.06. The highest BCUT2D eigenvalue weighted by Crippen LogP contribution is 2.32. The van der Waals surface area contributed by atoms with Crippen LogP contribution in [0, 0.1) is 5.92 Å². The molecule has 1 amide bonds. The van der Waals surface area contributed by atoms with Crippen molar-refractivity contribution in [1.82, 2.24) is 4.90 Å². The van der Waals surface area contributed by atoms with Crippen molar-refractivity contribution >= 4 is 31.9 Å². The van der Waals surface area contributed by atoms with Crippen LogP contribution in [0.2, 0.25) is 0 Å². The van der Waals surface area contributed by atoms with E-state index in [-0.39, 0.29) is 27.3 Å². The summed E-state index contributed by atoms with van der Waals surface area (Å²) in [4.78, 5) is 13.9. The van der Waals surface area contributed by atoms with Gasteiger partial charge in [0.1, 0.15) is 4.90 Å². The Morgan fingerprint density at radius 3 is 2.55 bits per heavy atom. The lowest BCUT2D eigenvalue weighted by Crippen LogP contribution is -2.38. The summed E-state index contributed by atoms with van der Waals surface area (Å²) in [6, 6.07) is 1.19. The topological polar surface area (TPSA) is 93.6 Å². The highest BCUT2D eigenvalue weighted by molar-refractivity contribution is 9.10. The maximum absolute atomic E-state index is 12.4. The SMILES string of the molecule is CC(C)N(CC1CC1)C(=O)c1cc(S(N)(=O)=O)c(Br)o1. The quantitative estimate of drug-likeness (QED) is 0.863. The Morgan fingerprint density at radius 2 is 2.15 bits per heavy atom. The molecule has 20 heavy (non-hydrogen) atoms. The molecular weight excluding hydrogens is 348 g/mol. The molecule has 1 aromatic heterocycles. The second-order valence-corrected chi connectivity index (χ2v) is 7.54. The number of hydrogen-bond donors (Lipinski definition) is 1. The van der Waals surface area contributed by atoms with Crippen molar-refractivity contribution in [2.75, 3.05) is 6.54 Å². The summed E-state index contributed by atoms with van der Waals surface area (Å²) in [6.45, 7) is 4.50. The molecule has 0 spiro atoms. The molecule has 2 N–H and O–H groups in total. The molecule has 1 aliphatic rings. The molecule has 0 saturated heterocycles. The minimum atomic E-state index is -3.91. The minimum Gasteiger partial charge on any atom is -0.443 e. The van der Waals surface area contributed by atoms with Crippen LogP contribution >= 0.6 is 15.9 Å². The maximum Gasteiger partial charge on any atom is 0.289 e. The van der Waals surface area contributed by atoms with E-state index in [0.29, 0.717) is 12.5 Å². The van der Waals surface area contributed by atoms with E-state index in [9.17, 15) is 13.2 Å². The van der Waals surface area contributed by atoms with E-state index in [4.69, 9.17) is 9.56 Å². The molecule has 0 radical (unpaired) electrons. The molecule has 112 valence electrons. The fourth-order valence-corrected chi connectivity index (χ4v) is 3.40.